The van der Waals surface area contributed by atoms with E-state index >= 15 is 0 Å². The number of rotatable bonds is 5. The molecule has 8 heteroatoms. The van der Waals surface area contributed by atoms with Crippen molar-refractivity contribution < 1.29 is 13.2 Å². The average Bonchev–Trinajstić information content (AvgIpc) is 2.69. The van der Waals surface area contributed by atoms with Gasteiger partial charge in [-0.3, -0.25) is 0 Å². The molecule has 26 heavy (non-hydrogen) atoms. The van der Waals surface area contributed by atoms with Gasteiger partial charge >= 0.3 is 0 Å². The van der Waals surface area contributed by atoms with E-state index in [9.17, 15) is 8.42 Å². The summed E-state index contributed by atoms with van der Waals surface area (Å²) < 4.78 is 32.1. The molecule has 0 unspecified atom stereocenters. The molecule has 0 radical (unpaired) electrons. The predicted molar refractivity (Wildman–Crippen MR) is 97.3 cm³/mol. The fourth-order valence-corrected chi connectivity index (χ4v) is 4.41. The number of aromatic nitrogens is 1. The third kappa shape index (κ3) is 3.79. The summed E-state index contributed by atoms with van der Waals surface area (Å²) in [6, 6.07) is 12.0. The van der Waals surface area contributed by atoms with Gasteiger partial charge in [-0.05, 0) is 49.2 Å². The van der Waals surface area contributed by atoms with E-state index in [2.05, 4.69) is 16.4 Å². The molecule has 0 amide bonds. The summed E-state index contributed by atoms with van der Waals surface area (Å²) in [4.78, 5) is 4.46. The van der Waals surface area contributed by atoms with Gasteiger partial charge in [0.05, 0.1) is 17.6 Å². The highest BCUT2D eigenvalue weighted by Crippen LogP contribution is 2.24. The van der Waals surface area contributed by atoms with E-state index in [1.165, 1.54) is 4.31 Å². The van der Waals surface area contributed by atoms with Crippen molar-refractivity contribution in [1.82, 2.24) is 9.29 Å². The molecule has 0 bridgehead atoms. The molecule has 2 aromatic rings. The highest BCUT2D eigenvalue weighted by molar-refractivity contribution is 7.89. The van der Waals surface area contributed by atoms with Crippen LogP contribution in [0.1, 0.15) is 18.4 Å². The fraction of sp³-hybridized carbons (Fsp3) is 0.333. The second-order valence-corrected chi connectivity index (χ2v) is 7.95. The molecule has 1 aromatic carbocycles. The normalized spacial score (nSPS) is 16.0. The number of sulfonamides is 1. The Morgan fingerprint density at radius 3 is 2.54 bits per heavy atom. The molecule has 0 spiro atoms. The van der Waals surface area contributed by atoms with Gasteiger partial charge in [-0.25, -0.2) is 13.4 Å². The lowest BCUT2D eigenvalue weighted by molar-refractivity contribution is 0.329. The molecule has 1 fully saturated rings. The van der Waals surface area contributed by atoms with E-state index in [0.29, 0.717) is 43.1 Å². The van der Waals surface area contributed by atoms with Crippen molar-refractivity contribution in [3.05, 3.63) is 48.2 Å². The van der Waals surface area contributed by atoms with Gasteiger partial charge in [-0.2, -0.15) is 9.57 Å². The van der Waals surface area contributed by atoms with Crippen molar-refractivity contribution in [3.63, 3.8) is 0 Å². The molecule has 0 atom stereocenters. The van der Waals surface area contributed by atoms with Crippen LogP contribution >= 0.6 is 0 Å². The Hall–Kier alpha value is -2.63. The minimum atomic E-state index is -3.51. The zero-order valence-corrected chi connectivity index (χ0v) is 15.2. The summed E-state index contributed by atoms with van der Waals surface area (Å²) in [7, 11) is -1.97. The molecule has 1 aliphatic heterocycles. The van der Waals surface area contributed by atoms with Gasteiger partial charge in [0.25, 0.3) is 0 Å². The van der Waals surface area contributed by atoms with Crippen LogP contribution in [0, 0.1) is 11.3 Å². The number of hydrogen-bond donors (Lipinski definition) is 1. The zero-order valence-electron chi connectivity index (χ0n) is 14.4. The highest BCUT2D eigenvalue weighted by atomic mass is 32.2. The van der Waals surface area contributed by atoms with Gasteiger partial charge < -0.3 is 10.1 Å². The number of nitriles is 1. The Labute approximate surface area is 153 Å². The number of piperidine rings is 1. The van der Waals surface area contributed by atoms with Crippen molar-refractivity contribution in [2.45, 2.75) is 23.8 Å². The van der Waals surface area contributed by atoms with E-state index in [1.807, 2.05) is 0 Å². The maximum Gasteiger partial charge on any atom is 0.243 e. The quantitative estimate of drug-likeness (QED) is 0.865. The summed E-state index contributed by atoms with van der Waals surface area (Å²) in [5, 5.41) is 12.4. The van der Waals surface area contributed by atoms with E-state index in [1.54, 1.807) is 49.7 Å². The molecule has 2 heterocycles. The van der Waals surface area contributed by atoms with E-state index in [0.717, 1.165) is 0 Å². The molecule has 1 saturated heterocycles. The molecule has 0 aliphatic carbocycles. The number of methoxy groups -OCH3 is 1. The van der Waals surface area contributed by atoms with Crippen molar-refractivity contribution in [1.29, 1.82) is 5.26 Å². The summed E-state index contributed by atoms with van der Waals surface area (Å²) in [5.41, 5.74) is 0.487. The first-order valence-corrected chi connectivity index (χ1v) is 9.74. The molecular weight excluding hydrogens is 352 g/mol. The number of pyridine rings is 1. The second kappa shape index (κ2) is 7.72. The van der Waals surface area contributed by atoms with Gasteiger partial charge in [0.1, 0.15) is 17.6 Å². The number of nitrogens with zero attached hydrogens (tertiary/aromatic N) is 3. The summed E-state index contributed by atoms with van der Waals surface area (Å²) in [6.07, 6.45) is 2.93. The fourth-order valence-electron chi connectivity index (χ4n) is 2.94. The first-order valence-electron chi connectivity index (χ1n) is 8.30. The standard InChI is InChI=1S/C18H20N4O3S/c1-25-16-4-6-17(7-5-16)26(23,24)22-11-8-15(9-12-22)21-18-14(13-19)3-2-10-20-18/h2-7,10,15H,8-9,11-12H2,1H3,(H,20,21). The Bertz CT molecular complexity index is 899. The summed E-state index contributed by atoms with van der Waals surface area (Å²) in [6.45, 7) is 0.835. The van der Waals surface area contributed by atoms with Gasteiger partial charge in [0.2, 0.25) is 10.0 Å². The van der Waals surface area contributed by atoms with Gasteiger partial charge in [-0.15, -0.1) is 0 Å². The predicted octanol–water partition coefficient (Wildman–Crippen LogP) is 2.23. The number of ether oxygens (including phenoxy) is 1. The van der Waals surface area contributed by atoms with E-state index in [-0.39, 0.29) is 10.9 Å². The first-order chi connectivity index (χ1) is 12.5. The molecule has 136 valence electrons. The Kier molecular flexibility index (Phi) is 5.40. The van der Waals surface area contributed by atoms with Crippen LogP contribution in [0.2, 0.25) is 0 Å². The van der Waals surface area contributed by atoms with E-state index < -0.39 is 10.0 Å². The largest absolute Gasteiger partial charge is 0.497 e. The minimum absolute atomic E-state index is 0.0827. The van der Waals surface area contributed by atoms with Crippen LogP contribution in [0.3, 0.4) is 0 Å². The smallest absolute Gasteiger partial charge is 0.243 e. The van der Waals surface area contributed by atoms with Gasteiger partial charge in [0, 0.05) is 25.3 Å². The lowest BCUT2D eigenvalue weighted by atomic mass is 10.1. The number of benzene rings is 1. The molecule has 3 rings (SSSR count). The first kappa shape index (κ1) is 18.2. The Balaban J connectivity index is 1.65. The van der Waals surface area contributed by atoms with Crippen LogP contribution in [0.15, 0.2) is 47.5 Å². The third-order valence-corrected chi connectivity index (χ3v) is 6.33. The molecule has 1 N–H and O–H groups in total. The average molecular weight is 372 g/mol. The maximum absolute atomic E-state index is 12.8. The lowest BCUT2D eigenvalue weighted by Gasteiger charge is -2.32. The van der Waals surface area contributed by atoms with Crippen molar-refractivity contribution in [2.75, 3.05) is 25.5 Å². The molecule has 1 aliphatic rings. The van der Waals surface area contributed by atoms with Crippen LogP contribution < -0.4 is 10.1 Å². The number of nitrogens with one attached hydrogen (secondary N) is 1. The van der Waals surface area contributed by atoms with Gasteiger partial charge in [-0.1, -0.05) is 0 Å². The number of hydrogen-bond acceptors (Lipinski definition) is 6. The zero-order chi connectivity index (χ0) is 18.6. The molecule has 7 nitrogen and oxygen atoms in total. The lowest BCUT2D eigenvalue weighted by Crippen LogP contribution is -2.42. The second-order valence-electron chi connectivity index (χ2n) is 6.01. The molecule has 1 aromatic heterocycles. The summed E-state index contributed by atoms with van der Waals surface area (Å²) >= 11 is 0. The van der Waals surface area contributed by atoms with Crippen molar-refractivity contribution in [3.8, 4) is 11.8 Å². The van der Waals surface area contributed by atoms with Crippen LogP contribution in [-0.4, -0.2) is 43.9 Å². The molecular formula is C18H20N4O3S. The van der Waals surface area contributed by atoms with Crippen LogP contribution in [-0.2, 0) is 10.0 Å². The third-order valence-electron chi connectivity index (χ3n) is 4.42. The highest BCUT2D eigenvalue weighted by Gasteiger charge is 2.29. The van der Waals surface area contributed by atoms with Crippen molar-refractivity contribution in [2.24, 2.45) is 0 Å². The van der Waals surface area contributed by atoms with Crippen LogP contribution in [0.5, 0.6) is 5.75 Å². The maximum atomic E-state index is 12.8. The molecule has 0 saturated carbocycles. The van der Waals surface area contributed by atoms with Crippen LogP contribution in [0.25, 0.3) is 0 Å². The minimum Gasteiger partial charge on any atom is -0.497 e. The Morgan fingerprint density at radius 1 is 1.23 bits per heavy atom. The number of anilines is 1. The van der Waals surface area contributed by atoms with Gasteiger partial charge in [0.15, 0.2) is 0 Å². The monoisotopic (exact) mass is 372 g/mol. The summed E-state index contributed by atoms with van der Waals surface area (Å²) in [5.74, 6) is 1.17. The van der Waals surface area contributed by atoms with E-state index in [4.69, 9.17) is 10.00 Å². The van der Waals surface area contributed by atoms with Crippen LogP contribution in [0.4, 0.5) is 5.82 Å². The Morgan fingerprint density at radius 2 is 1.92 bits per heavy atom. The topological polar surface area (TPSA) is 95.3 Å². The van der Waals surface area contributed by atoms with Crippen molar-refractivity contribution >= 4 is 15.8 Å². The SMILES string of the molecule is COc1ccc(S(=O)(=O)N2CCC(Nc3ncccc3C#N)CC2)cc1.